The van der Waals surface area contributed by atoms with Crippen molar-refractivity contribution in [1.82, 2.24) is 15.3 Å². The fourth-order valence-electron chi connectivity index (χ4n) is 1.66. The Kier molecular flexibility index (Phi) is 3.68. The van der Waals surface area contributed by atoms with Crippen molar-refractivity contribution in [2.45, 2.75) is 26.7 Å². The smallest absolute Gasteiger partial charge is 0.240 e. The van der Waals surface area contributed by atoms with Crippen LogP contribution in [0.4, 0.5) is 5.95 Å². The van der Waals surface area contributed by atoms with Crippen LogP contribution in [0.25, 0.3) is 0 Å². The normalized spacial score (nSPS) is 14.7. The van der Waals surface area contributed by atoms with Gasteiger partial charge in [0.1, 0.15) is 0 Å². The molecule has 1 aromatic heterocycles. The van der Waals surface area contributed by atoms with E-state index in [9.17, 15) is 4.79 Å². The van der Waals surface area contributed by atoms with Gasteiger partial charge >= 0.3 is 0 Å². The van der Waals surface area contributed by atoms with Gasteiger partial charge in [-0.1, -0.05) is 0 Å². The second-order valence-electron chi connectivity index (χ2n) is 4.60. The van der Waals surface area contributed by atoms with E-state index >= 15 is 0 Å². The molecule has 0 aliphatic heterocycles. The quantitative estimate of drug-likeness (QED) is 0.798. The van der Waals surface area contributed by atoms with Crippen molar-refractivity contribution in [2.75, 3.05) is 18.4 Å². The molecular formula is C12H18N4O. The van der Waals surface area contributed by atoms with Gasteiger partial charge < -0.3 is 5.32 Å². The van der Waals surface area contributed by atoms with Crippen LogP contribution in [0.2, 0.25) is 0 Å². The fraction of sp³-hybridized carbons (Fsp3) is 0.583. The Hall–Kier alpha value is -1.49. The molecule has 1 heterocycles. The van der Waals surface area contributed by atoms with Gasteiger partial charge in [0.2, 0.25) is 11.9 Å². The molecule has 0 unspecified atom stereocenters. The summed E-state index contributed by atoms with van der Waals surface area (Å²) in [5.74, 6) is 1.08. The first-order valence-electron chi connectivity index (χ1n) is 5.96. The molecule has 1 saturated carbocycles. The lowest BCUT2D eigenvalue weighted by Gasteiger charge is -2.06. The molecule has 1 fully saturated rings. The molecule has 0 radical (unpaired) electrons. The second-order valence-corrected chi connectivity index (χ2v) is 4.60. The third-order valence-corrected chi connectivity index (χ3v) is 2.65. The van der Waals surface area contributed by atoms with E-state index < -0.39 is 0 Å². The van der Waals surface area contributed by atoms with E-state index in [-0.39, 0.29) is 5.91 Å². The molecule has 5 heteroatoms. The van der Waals surface area contributed by atoms with E-state index in [0.717, 1.165) is 23.9 Å². The minimum atomic E-state index is -0.0874. The Morgan fingerprint density at radius 2 is 2.00 bits per heavy atom. The van der Waals surface area contributed by atoms with E-state index in [1.807, 2.05) is 19.9 Å². The molecule has 0 spiro atoms. The van der Waals surface area contributed by atoms with Gasteiger partial charge in [-0.2, -0.15) is 0 Å². The highest BCUT2D eigenvalue weighted by Gasteiger charge is 2.20. The van der Waals surface area contributed by atoms with E-state index in [1.54, 1.807) is 0 Å². The molecule has 1 aromatic rings. The number of anilines is 1. The third kappa shape index (κ3) is 4.11. The number of aromatic nitrogens is 2. The number of carbonyl (C=O) groups is 1. The first-order chi connectivity index (χ1) is 8.13. The summed E-state index contributed by atoms with van der Waals surface area (Å²) in [5, 5.41) is 5.82. The monoisotopic (exact) mass is 234 g/mol. The summed E-state index contributed by atoms with van der Waals surface area (Å²) >= 11 is 0. The van der Waals surface area contributed by atoms with Crippen LogP contribution in [0.15, 0.2) is 6.07 Å². The number of nitrogens with zero attached hydrogens (tertiary/aromatic N) is 2. The van der Waals surface area contributed by atoms with Crippen molar-refractivity contribution in [3.05, 3.63) is 17.5 Å². The van der Waals surface area contributed by atoms with E-state index in [4.69, 9.17) is 0 Å². The van der Waals surface area contributed by atoms with Crippen LogP contribution in [0.1, 0.15) is 24.2 Å². The Bertz CT molecular complexity index is 395. The molecule has 2 N–H and O–H groups in total. The molecule has 5 nitrogen and oxygen atoms in total. The molecule has 0 aromatic carbocycles. The zero-order valence-electron chi connectivity index (χ0n) is 10.3. The number of aryl methyl sites for hydroxylation is 2. The number of nitrogens with one attached hydrogen (secondary N) is 2. The van der Waals surface area contributed by atoms with Gasteiger partial charge in [0, 0.05) is 11.4 Å². The predicted octanol–water partition coefficient (Wildman–Crippen LogP) is 1.03. The van der Waals surface area contributed by atoms with Gasteiger partial charge in [0.15, 0.2) is 0 Å². The molecule has 92 valence electrons. The second kappa shape index (κ2) is 5.23. The molecule has 1 aliphatic rings. The lowest BCUT2D eigenvalue weighted by Crippen LogP contribution is -2.30. The predicted molar refractivity (Wildman–Crippen MR) is 65.7 cm³/mol. The van der Waals surface area contributed by atoms with Gasteiger partial charge in [-0.25, -0.2) is 9.97 Å². The lowest BCUT2D eigenvalue weighted by molar-refractivity contribution is -0.115. The summed E-state index contributed by atoms with van der Waals surface area (Å²) < 4.78 is 0. The highest BCUT2D eigenvalue weighted by atomic mass is 16.2. The molecule has 2 rings (SSSR count). The first kappa shape index (κ1) is 12.0. The van der Waals surface area contributed by atoms with Crippen molar-refractivity contribution in [2.24, 2.45) is 5.92 Å². The van der Waals surface area contributed by atoms with Crippen LogP contribution in [0, 0.1) is 19.8 Å². The SMILES string of the molecule is Cc1cc(C)nc(NC(=O)CNCC2CC2)n1. The van der Waals surface area contributed by atoms with Gasteiger partial charge in [-0.05, 0) is 45.2 Å². The average Bonchev–Trinajstić information content (AvgIpc) is 2.99. The maximum absolute atomic E-state index is 11.6. The standard InChI is InChI=1S/C12H18N4O/c1-8-5-9(2)15-12(14-8)16-11(17)7-13-6-10-3-4-10/h5,10,13H,3-4,6-7H2,1-2H3,(H,14,15,16,17). The minimum absolute atomic E-state index is 0.0874. The Labute approximate surface area is 101 Å². The minimum Gasteiger partial charge on any atom is -0.308 e. The zero-order chi connectivity index (χ0) is 12.3. The van der Waals surface area contributed by atoms with Gasteiger partial charge in [-0.3, -0.25) is 10.1 Å². The summed E-state index contributed by atoms with van der Waals surface area (Å²) in [4.78, 5) is 19.9. The van der Waals surface area contributed by atoms with Crippen molar-refractivity contribution < 1.29 is 4.79 Å². The molecule has 0 atom stereocenters. The van der Waals surface area contributed by atoms with Gasteiger partial charge in [0.25, 0.3) is 0 Å². The van der Waals surface area contributed by atoms with Crippen LogP contribution in [0.5, 0.6) is 0 Å². The van der Waals surface area contributed by atoms with Crippen LogP contribution < -0.4 is 10.6 Å². The fourth-order valence-corrected chi connectivity index (χ4v) is 1.66. The van der Waals surface area contributed by atoms with Gasteiger partial charge in [-0.15, -0.1) is 0 Å². The molecule has 0 bridgehead atoms. The largest absolute Gasteiger partial charge is 0.308 e. The summed E-state index contributed by atoms with van der Waals surface area (Å²) in [6.07, 6.45) is 2.57. The van der Waals surface area contributed by atoms with Crippen LogP contribution in [-0.2, 0) is 4.79 Å². The van der Waals surface area contributed by atoms with Crippen molar-refractivity contribution in [3.63, 3.8) is 0 Å². The van der Waals surface area contributed by atoms with Crippen LogP contribution in [0.3, 0.4) is 0 Å². The molecular weight excluding hydrogens is 216 g/mol. The third-order valence-electron chi connectivity index (χ3n) is 2.65. The van der Waals surface area contributed by atoms with E-state index in [0.29, 0.717) is 12.5 Å². The van der Waals surface area contributed by atoms with Crippen LogP contribution in [-0.4, -0.2) is 29.0 Å². The van der Waals surface area contributed by atoms with Crippen molar-refractivity contribution >= 4 is 11.9 Å². The number of hydrogen-bond donors (Lipinski definition) is 2. The highest BCUT2D eigenvalue weighted by molar-refractivity contribution is 5.90. The Morgan fingerprint density at radius 1 is 1.35 bits per heavy atom. The summed E-state index contributed by atoms with van der Waals surface area (Å²) in [6.45, 7) is 5.03. The van der Waals surface area contributed by atoms with Gasteiger partial charge in [0.05, 0.1) is 6.54 Å². The van der Waals surface area contributed by atoms with E-state index in [2.05, 4.69) is 20.6 Å². The Morgan fingerprint density at radius 3 is 2.59 bits per heavy atom. The van der Waals surface area contributed by atoms with Crippen molar-refractivity contribution in [1.29, 1.82) is 0 Å². The summed E-state index contributed by atoms with van der Waals surface area (Å²) in [6, 6.07) is 1.88. The van der Waals surface area contributed by atoms with E-state index in [1.165, 1.54) is 12.8 Å². The number of amides is 1. The summed E-state index contributed by atoms with van der Waals surface area (Å²) in [7, 11) is 0. The first-order valence-corrected chi connectivity index (χ1v) is 5.96. The summed E-state index contributed by atoms with van der Waals surface area (Å²) in [5.41, 5.74) is 1.72. The molecule has 1 amide bonds. The highest BCUT2D eigenvalue weighted by Crippen LogP contribution is 2.27. The molecule has 1 aliphatic carbocycles. The van der Waals surface area contributed by atoms with Crippen LogP contribution >= 0.6 is 0 Å². The molecule has 0 saturated heterocycles. The topological polar surface area (TPSA) is 66.9 Å². The zero-order valence-corrected chi connectivity index (χ0v) is 10.3. The molecule has 17 heavy (non-hydrogen) atoms. The number of hydrogen-bond acceptors (Lipinski definition) is 4. The maximum atomic E-state index is 11.6. The lowest BCUT2D eigenvalue weighted by atomic mass is 10.3. The Balaban J connectivity index is 1.79. The number of carbonyl (C=O) groups excluding carboxylic acids is 1. The maximum Gasteiger partial charge on any atom is 0.240 e. The average molecular weight is 234 g/mol. The number of rotatable bonds is 5. The van der Waals surface area contributed by atoms with Crippen molar-refractivity contribution in [3.8, 4) is 0 Å².